The summed E-state index contributed by atoms with van der Waals surface area (Å²) in [5, 5.41) is 13.5. The van der Waals surface area contributed by atoms with Crippen LogP contribution in [-0.4, -0.2) is 90.1 Å². The number of nitrogens with zero attached hydrogens (tertiary/aromatic N) is 3. The number of urea groups is 1. The van der Waals surface area contributed by atoms with Crippen LogP contribution in [0.15, 0.2) is 24.3 Å². The van der Waals surface area contributed by atoms with Crippen LogP contribution in [0.1, 0.15) is 24.8 Å². The highest BCUT2D eigenvalue weighted by Crippen LogP contribution is 2.24. The molecule has 2 saturated heterocycles. The molecule has 2 N–H and O–H groups in total. The van der Waals surface area contributed by atoms with E-state index in [0.717, 1.165) is 16.2 Å². The standard InChI is InChI=1S/C21H30N4O5/c1-23(13-16-4-6-17(30-2)7-5-16)15-21(29)8-3-10-24(11-9-21)19(27)14-25-18(26)12-22-20(25)28/h4-7,29H,3,8-15H2,1-2H3,(H,22,28). The number of nitrogens with one attached hydrogen (secondary N) is 1. The minimum atomic E-state index is -0.892. The highest BCUT2D eigenvalue weighted by molar-refractivity contribution is 6.04. The molecule has 1 aromatic rings. The molecule has 0 aliphatic carbocycles. The van der Waals surface area contributed by atoms with Gasteiger partial charge in [-0.05, 0) is 44.0 Å². The summed E-state index contributed by atoms with van der Waals surface area (Å²) in [5.41, 5.74) is 0.234. The molecule has 1 aromatic carbocycles. The van der Waals surface area contributed by atoms with E-state index in [1.165, 1.54) is 0 Å². The van der Waals surface area contributed by atoms with Crippen LogP contribution in [-0.2, 0) is 16.1 Å². The Kier molecular flexibility index (Phi) is 6.94. The summed E-state index contributed by atoms with van der Waals surface area (Å²) in [7, 11) is 3.60. The van der Waals surface area contributed by atoms with Crippen molar-refractivity contribution in [3.05, 3.63) is 29.8 Å². The van der Waals surface area contributed by atoms with Crippen LogP contribution < -0.4 is 10.1 Å². The number of carbonyl (C=O) groups excluding carboxylic acids is 3. The molecule has 164 valence electrons. The highest BCUT2D eigenvalue weighted by Gasteiger charge is 2.35. The van der Waals surface area contributed by atoms with Crippen molar-refractivity contribution in [2.75, 3.05) is 46.9 Å². The number of ether oxygens (including phenoxy) is 1. The van der Waals surface area contributed by atoms with Crippen LogP contribution in [0.25, 0.3) is 0 Å². The fraction of sp³-hybridized carbons (Fsp3) is 0.571. The lowest BCUT2D eigenvalue weighted by atomic mass is 9.94. The predicted octanol–water partition coefficient (Wildman–Crippen LogP) is 0.422. The van der Waals surface area contributed by atoms with Gasteiger partial charge in [0.1, 0.15) is 12.3 Å². The number of rotatable bonds is 7. The first-order valence-electron chi connectivity index (χ1n) is 10.2. The molecule has 2 aliphatic heterocycles. The van der Waals surface area contributed by atoms with E-state index in [-0.39, 0.29) is 24.9 Å². The van der Waals surface area contributed by atoms with E-state index in [9.17, 15) is 19.5 Å². The maximum Gasteiger partial charge on any atom is 0.325 e. The number of carbonyl (C=O) groups is 3. The summed E-state index contributed by atoms with van der Waals surface area (Å²) >= 11 is 0. The minimum Gasteiger partial charge on any atom is -0.497 e. The van der Waals surface area contributed by atoms with E-state index in [1.54, 1.807) is 12.0 Å². The number of hydrogen-bond acceptors (Lipinski definition) is 6. The van der Waals surface area contributed by atoms with Gasteiger partial charge >= 0.3 is 6.03 Å². The Bertz CT molecular complexity index is 768. The number of aliphatic hydroxyl groups is 1. The molecular weight excluding hydrogens is 388 g/mol. The van der Waals surface area contributed by atoms with Crippen molar-refractivity contribution in [2.24, 2.45) is 0 Å². The number of imide groups is 1. The van der Waals surface area contributed by atoms with Gasteiger partial charge in [-0.15, -0.1) is 0 Å². The lowest BCUT2D eigenvalue weighted by molar-refractivity contribution is -0.136. The fourth-order valence-electron chi connectivity index (χ4n) is 4.04. The van der Waals surface area contributed by atoms with Crippen LogP contribution in [0.3, 0.4) is 0 Å². The van der Waals surface area contributed by atoms with Crippen molar-refractivity contribution < 1.29 is 24.2 Å². The third-order valence-corrected chi connectivity index (χ3v) is 5.68. The van der Waals surface area contributed by atoms with Gasteiger partial charge in [0, 0.05) is 26.2 Å². The fourth-order valence-corrected chi connectivity index (χ4v) is 4.04. The monoisotopic (exact) mass is 418 g/mol. The van der Waals surface area contributed by atoms with Gasteiger partial charge in [-0.1, -0.05) is 12.1 Å². The number of methoxy groups -OCH3 is 1. The number of amides is 4. The SMILES string of the molecule is COc1ccc(CN(C)CC2(O)CCCN(C(=O)CN3C(=O)CNC3=O)CC2)cc1. The van der Waals surface area contributed by atoms with Crippen LogP contribution >= 0.6 is 0 Å². The quantitative estimate of drug-likeness (QED) is 0.623. The maximum absolute atomic E-state index is 12.6. The van der Waals surface area contributed by atoms with Crippen LogP contribution in [0, 0.1) is 0 Å². The number of likely N-dealkylation sites (N-methyl/N-ethyl adjacent to an activating group) is 1. The van der Waals surface area contributed by atoms with Crippen molar-refractivity contribution >= 4 is 17.8 Å². The van der Waals surface area contributed by atoms with Crippen molar-refractivity contribution in [1.29, 1.82) is 0 Å². The van der Waals surface area contributed by atoms with Gasteiger partial charge in [0.2, 0.25) is 5.91 Å². The van der Waals surface area contributed by atoms with Gasteiger partial charge in [0.05, 0.1) is 19.3 Å². The molecule has 0 radical (unpaired) electrons. The van der Waals surface area contributed by atoms with Crippen LogP contribution in [0.4, 0.5) is 4.79 Å². The average molecular weight is 418 g/mol. The minimum absolute atomic E-state index is 0.0631. The Labute approximate surface area is 176 Å². The van der Waals surface area contributed by atoms with Gasteiger partial charge in [0.15, 0.2) is 0 Å². The van der Waals surface area contributed by atoms with Crippen molar-refractivity contribution in [2.45, 2.75) is 31.4 Å². The molecular formula is C21H30N4O5. The van der Waals surface area contributed by atoms with E-state index in [4.69, 9.17) is 4.74 Å². The lowest BCUT2D eigenvalue weighted by Crippen LogP contribution is -2.45. The predicted molar refractivity (Wildman–Crippen MR) is 110 cm³/mol. The van der Waals surface area contributed by atoms with E-state index in [2.05, 4.69) is 10.2 Å². The third kappa shape index (κ3) is 5.48. The average Bonchev–Trinajstić information content (AvgIpc) is 2.90. The van der Waals surface area contributed by atoms with Crippen molar-refractivity contribution in [3.63, 3.8) is 0 Å². The van der Waals surface area contributed by atoms with E-state index in [1.807, 2.05) is 31.3 Å². The largest absolute Gasteiger partial charge is 0.497 e. The second-order valence-electron chi connectivity index (χ2n) is 8.12. The molecule has 9 nitrogen and oxygen atoms in total. The molecule has 30 heavy (non-hydrogen) atoms. The Morgan fingerprint density at radius 1 is 1.23 bits per heavy atom. The Morgan fingerprint density at radius 3 is 2.60 bits per heavy atom. The summed E-state index contributed by atoms with van der Waals surface area (Å²) in [6, 6.07) is 7.31. The smallest absolute Gasteiger partial charge is 0.325 e. The summed E-state index contributed by atoms with van der Waals surface area (Å²) in [6.07, 6.45) is 1.71. The van der Waals surface area contributed by atoms with Crippen LogP contribution in [0.2, 0.25) is 0 Å². The van der Waals surface area contributed by atoms with Crippen molar-refractivity contribution in [3.8, 4) is 5.75 Å². The number of likely N-dealkylation sites (tertiary alicyclic amines) is 1. The molecule has 4 amide bonds. The molecule has 0 aromatic heterocycles. The Balaban J connectivity index is 1.51. The molecule has 0 bridgehead atoms. The maximum atomic E-state index is 12.6. The molecule has 2 fully saturated rings. The summed E-state index contributed by atoms with van der Waals surface area (Å²) in [5.74, 6) is 0.151. The van der Waals surface area contributed by atoms with E-state index in [0.29, 0.717) is 45.4 Å². The molecule has 9 heteroatoms. The molecule has 2 heterocycles. The second-order valence-corrected chi connectivity index (χ2v) is 8.12. The van der Waals surface area contributed by atoms with E-state index < -0.39 is 11.6 Å². The summed E-state index contributed by atoms with van der Waals surface area (Å²) < 4.78 is 5.18. The molecule has 1 atom stereocenters. The second kappa shape index (κ2) is 9.44. The highest BCUT2D eigenvalue weighted by atomic mass is 16.5. The zero-order valence-corrected chi connectivity index (χ0v) is 17.6. The van der Waals surface area contributed by atoms with Gasteiger partial charge < -0.3 is 20.1 Å². The number of benzene rings is 1. The van der Waals surface area contributed by atoms with E-state index >= 15 is 0 Å². The van der Waals surface area contributed by atoms with Crippen LogP contribution in [0.5, 0.6) is 5.75 Å². The van der Waals surface area contributed by atoms with Gasteiger partial charge in [-0.25, -0.2) is 4.79 Å². The van der Waals surface area contributed by atoms with Gasteiger partial charge in [-0.2, -0.15) is 0 Å². The number of hydrogen-bond donors (Lipinski definition) is 2. The molecule has 0 saturated carbocycles. The van der Waals surface area contributed by atoms with Gasteiger partial charge in [-0.3, -0.25) is 19.4 Å². The normalized spacial score (nSPS) is 22.3. The summed E-state index contributed by atoms with van der Waals surface area (Å²) in [6.45, 7) is 1.78. The third-order valence-electron chi connectivity index (χ3n) is 5.68. The Hall–Kier alpha value is -2.65. The first-order chi connectivity index (χ1) is 14.3. The first-order valence-corrected chi connectivity index (χ1v) is 10.2. The summed E-state index contributed by atoms with van der Waals surface area (Å²) in [4.78, 5) is 40.6. The molecule has 2 aliphatic rings. The van der Waals surface area contributed by atoms with Crippen molar-refractivity contribution in [1.82, 2.24) is 20.0 Å². The first kappa shape index (κ1) is 22.0. The Morgan fingerprint density at radius 2 is 1.97 bits per heavy atom. The zero-order valence-electron chi connectivity index (χ0n) is 17.6. The topological polar surface area (TPSA) is 102 Å². The molecule has 0 spiro atoms. The molecule has 1 unspecified atom stereocenters. The molecule has 3 rings (SSSR count). The lowest BCUT2D eigenvalue weighted by Gasteiger charge is -2.32. The van der Waals surface area contributed by atoms with Gasteiger partial charge in [0.25, 0.3) is 5.91 Å². The zero-order chi connectivity index (χ0) is 21.7.